The number of carbonyl (C=O) groups is 8. The molecule has 76 heavy (non-hydrogen) atoms. The number of carbonyl (C=O) groups excluding carboxylic acids is 8. The molecule has 0 aliphatic carbocycles. The van der Waals surface area contributed by atoms with Crippen molar-refractivity contribution in [1.29, 1.82) is 0 Å². The average molecular weight is 1060 g/mol. The third-order valence-corrected chi connectivity index (χ3v) is 14.3. The van der Waals surface area contributed by atoms with Crippen LogP contribution in [0.15, 0.2) is 84.9 Å². The molecule has 2 aliphatic heterocycles. The van der Waals surface area contributed by atoms with Crippen LogP contribution in [0, 0.1) is 17.8 Å². The third-order valence-electron chi connectivity index (χ3n) is 14.1. The second kappa shape index (κ2) is 26.1. The minimum atomic E-state index is -1.26. The highest BCUT2D eigenvalue weighted by atomic mass is 35.5. The van der Waals surface area contributed by atoms with Crippen molar-refractivity contribution in [1.82, 2.24) is 25.8 Å². The number of unbranched alkanes of at least 4 members (excludes halogenated alkanes) is 1. The Kier molecular flexibility index (Phi) is 20.0. The Labute approximate surface area is 450 Å². The molecular weight excluding hydrogens is 990 g/mol. The van der Waals surface area contributed by atoms with Crippen LogP contribution in [-0.2, 0) is 39.9 Å². The van der Waals surface area contributed by atoms with Gasteiger partial charge in [0.1, 0.15) is 29.2 Å². The van der Waals surface area contributed by atoms with Gasteiger partial charge in [0.2, 0.25) is 23.6 Å². The number of benzene rings is 4. The number of fused-ring (bicyclic) bond motifs is 5. The first-order chi connectivity index (χ1) is 36.1. The fraction of sp³-hybridized carbons (Fsp3) is 0.458. The zero-order valence-corrected chi connectivity index (χ0v) is 45.8. The number of methoxy groups -OCH3 is 2. The van der Waals surface area contributed by atoms with E-state index < -0.39 is 71.0 Å². The molecule has 2 heterocycles. The maximum atomic E-state index is 15.1. The molecule has 4 bridgehead atoms. The Balaban J connectivity index is 1.32. The van der Waals surface area contributed by atoms with E-state index in [9.17, 15) is 28.8 Å². The van der Waals surface area contributed by atoms with Crippen molar-refractivity contribution in [3.05, 3.63) is 107 Å². The van der Waals surface area contributed by atoms with Crippen LogP contribution in [0.5, 0.6) is 11.5 Å². The molecule has 5 amide bonds. The van der Waals surface area contributed by atoms with Crippen LogP contribution < -0.4 is 25.4 Å². The van der Waals surface area contributed by atoms with Gasteiger partial charge in [0.05, 0.1) is 20.3 Å². The number of hydrogen-bond acceptors (Lipinski definition) is 11. The monoisotopic (exact) mass is 1060 g/mol. The van der Waals surface area contributed by atoms with Crippen molar-refractivity contribution in [2.75, 3.05) is 41.4 Å². The van der Waals surface area contributed by atoms with Gasteiger partial charge in [0.15, 0.2) is 17.3 Å². The summed E-state index contributed by atoms with van der Waals surface area (Å²) in [5.74, 6) is -4.66. The van der Waals surface area contributed by atoms with Crippen LogP contribution in [0.1, 0.15) is 114 Å². The normalized spacial score (nSPS) is 18.5. The van der Waals surface area contributed by atoms with Crippen molar-refractivity contribution >= 4 is 58.7 Å². The summed E-state index contributed by atoms with van der Waals surface area (Å²) >= 11 is 6.12. The average Bonchev–Trinajstić information content (AvgIpc) is 3.89. The van der Waals surface area contributed by atoms with E-state index in [0.29, 0.717) is 76.6 Å². The Morgan fingerprint density at radius 2 is 1.47 bits per heavy atom. The largest absolute Gasteiger partial charge is 0.496 e. The van der Waals surface area contributed by atoms with Gasteiger partial charge in [-0.25, -0.2) is 4.79 Å². The summed E-state index contributed by atoms with van der Waals surface area (Å²) in [6, 6.07) is 21.9. The predicted molar refractivity (Wildman–Crippen MR) is 290 cm³/mol. The highest BCUT2D eigenvalue weighted by Crippen LogP contribution is 2.41. The number of amides is 5. The number of Topliss-reactive ketones (excluding diaryl/α,β-unsaturated/α-hetero) is 3. The van der Waals surface area contributed by atoms with Crippen LogP contribution in [0.25, 0.3) is 22.3 Å². The highest BCUT2D eigenvalue weighted by molar-refractivity contribution is 6.30. The van der Waals surface area contributed by atoms with Gasteiger partial charge in [0.25, 0.3) is 0 Å². The zero-order valence-electron chi connectivity index (χ0n) is 45.1. The minimum Gasteiger partial charge on any atom is -0.496 e. The van der Waals surface area contributed by atoms with Crippen LogP contribution in [0.4, 0.5) is 4.79 Å². The number of ketones is 3. The number of likely N-dealkylation sites (N-methyl/N-ethyl adjacent to an activating group) is 2. The highest BCUT2D eigenvalue weighted by Gasteiger charge is 2.39. The molecule has 16 nitrogen and oxygen atoms in total. The van der Waals surface area contributed by atoms with Gasteiger partial charge in [0, 0.05) is 85.9 Å². The van der Waals surface area contributed by atoms with E-state index >= 15 is 9.59 Å². The van der Waals surface area contributed by atoms with Crippen molar-refractivity contribution < 1.29 is 52.6 Å². The molecule has 4 aromatic carbocycles. The topological polar surface area (TPSA) is 207 Å². The Morgan fingerprint density at radius 3 is 2.11 bits per heavy atom. The molecule has 4 aromatic rings. The molecule has 0 aromatic heterocycles. The molecule has 3 N–H and O–H groups in total. The molecule has 1 saturated heterocycles. The van der Waals surface area contributed by atoms with E-state index in [4.69, 9.17) is 25.8 Å². The zero-order chi connectivity index (χ0) is 55.4. The molecule has 0 spiro atoms. The molecule has 6 atom stereocenters. The van der Waals surface area contributed by atoms with E-state index in [-0.39, 0.29) is 56.2 Å². The first-order valence-corrected chi connectivity index (χ1v) is 26.4. The lowest BCUT2D eigenvalue weighted by Crippen LogP contribution is -2.48. The number of alkyl carbamates (subject to hydrolysis) is 1. The molecule has 2 aliphatic rings. The maximum Gasteiger partial charge on any atom is 0.407 e. The van der Waals surface area contributed by atoms with Crippen molar-refractivity contribution in [2.24, 2.45) is 17.8 Å². The Bertz CT molecular complexity index is 2770. The lowest BCUT2D eigenvalue weighted by Gasteiger charge is -2.32. The second-order valence-corrected chi connectivity index (χ2v) is 21.3. The lowest BCUT2D eigenvalue weighted by molar-refractivity contribution is -0.143. The van der Waals surface area contributed by atoms with Crippen molar-refractivity contribution in [3.63, 3.8) is 0 Å². The molecule has 17 heteroatoms. The van der Waals surface area contributed by atoms with Gasteiger partial charge in [-0.3, -0.25) is 33.6 Å². The number of likely N-dealkylation sites (tertiary alicyclic amines) is 1. The van der Waals surface area contributed by atoms with Crippen LogP contribution in [0.3, 0.4) is 0 Å². The smallest absolute Gasteiger partial charge is 0.407 e. The molecule has 0 saturated carbocycles. The van der Waals surface area contributed by atoms with E-state index in [2.05, 4.69) is 16.0 Å². The molecule has 6 rings (SSSR count). The third kappa shape index (κ3) is 14.9. The summed E-state index contributed by atoms with van der Waals surface area (Å²) in [4.78, 5) is 115. The fourth-order valence-corrected chi connectivity index (χ4v) is 10.1. The molecule has 1 fully saturated rings. The Morgan fingerprint density at radius 1 is 0.842 bits per heavy atom. The Hall–Kier alpha value is -7.07. The first kappa shape index (κ1) is 58.2. The molecular formula is C59H72ClN5O11. The summed E-state index contributed by atoms with van der Waals surface area (Å²) in [5, 5.41) is 8.87. The SMILES string of the molecule is CNC(=O)[C@@H]1CCCN1C(=O)[C@H](C)CC(=O)[C@@H]1Cc2ccc(OC)c(c2)-c2cc(ccc2OC)[C@H](N(C)C(=O)[C@H](CCCCNC(=O)OC(C)(C)C)CC(=O)c2ccc(-c3ccc(Cl)cc3)cc2)C(=O)C[C@@H](C)C(=O)N1. The summed E-state index contributed by atoms with van der Waals surface area (Å²) in [5.41, 5.74) is 3.63. The standard InChI is InChI=1S/C59H72ClN5O11/c1-35-29-50(68)53(64(7)57(72)42(13-10-11-27-62-58(73)76-59(3,4)5)34-48(66)40-18-16-38(17-19-40)39-20-23-43(60)24-21-39)41-22-26-52(75-9)45(33-41)44-31-37(15-25-51(44)74-8)32-46(63-54(35)69)49(67)30-36(2)56(71)65-28-12-14-47(65)55(70)61-6/h15-26,31,33,35-36,42,46-47,53H,10-14,27-30,32,34H2,1-9H3,(H,61,70)(H,62,73)(H,63,69)/t35-,36-,42-,46+,47+,53+/m1/s1. The van der Waals surface area contributed by atoms with Gasteiger partial charge in [-0.15, -0.1) is 0 Å². The number of nitrogens with one attached hydrogen (secondary N) is 3. The second-order valence-electron chi connectivity index (χ2n) is 20.9. The fourth-order valence-electron chi connectivity index (χ4n) is 9.99. The predicted octanol–water partition coefficient (Wildman–Crippen LogP) is 8.74. The van der Waals surface area contributed by atoms with E-state index in [1.807, 2.05) is 30.3 Å². The van der Waals surface area contributed by atoms with Gasteiger partial charge in [-0.05, 0) is 112 Å². The maximum absolute atomic E-state index is 15.1. The minimum absolute atomic E-state index is 0.0409. The molecule has 0 radical (unpaired) electrons. The molecule has 406 valence electrons. The van der Waals surface area contributed by atoms with Crippen LogP contribution >= 0.6 is 11.6 Å². The first-order valence-electron chi connectivity index (χ1n) is 26.0. The number of nitrogens with zero attached hydrogens (tertiary/aromatic N) is 2. The van der Waals surface area contributed by atoms with Crippen molar-refractivity contribution in [3.8, 4) is 33.8 Å². The van der Waals surface area contributed by atoms with Gasteiger partial charge >= 0.3 is 6.09 Å². The summed E-state index contributed by atoms with van der Waals surface area (Å²) in [7, 11) is 6.05. The lowest BCUT2D eigenvalue weighted by atomic mass is 9.87. The summed E-state index contributed by atoms with van der Waals surface area (Å²) in [6.45, 7) is 9.16. The van der Waals surface area contributed by atoms with E-state index in [1.165, 1.54) is 38.1 Å². The van der Waals surface area contributed by atoms with Gasteiger partial charge in [-0.2, -0.15) is 0 Å². The van der Waals surface area contributed by atoms with Crippen molar-refractivity contribution in [2.45, 2.75) is 116 Å². The number of halogens is 1. The van der Waals surface area contributed by atoms with Gasteiger partial charge < -0.3 is 40.0 Å². The quantitative estimate of drug-likeness (QED) is 0.0634. The summed E-state index contributed by atoms with van der Waals surface area (Å²) in [6.07, 6.45) is 1.01. The summed E-state index contributed by atoms with van der Waals surface area (Å²) < 4.78 is 17.1. The van der Waals surface area contributed by atoms with E-state index in [1.54, 1.807) is 89.2 Å². The van der Waals surface area contributed by atoms with E-state index in [0.717, 1.165) is 11.1 Å². The number of ether oxygens (including phenoxy) is 3. The number of rotatable bonds is 18. The van der Waals surface area contributed by atoms with Crippen LogP contribution in [0.2, 0.25) is 5.02 Å². The van der Waals surface area contributed by atoms with Crippen LogP contribution in [-0.4, -0.2) is 116 Å². The number of hydrogen-bond donors (Lipinski definition) is 3. The molecule has 0 unspecified atom stereocenters. The van der Waals surface area contributed by atoms with Gasteiger partial charge in [-0.1, -0.05) is 80.4 Å².